The Kier molecular flexibility index (Phi) is 5.58. The van der Waals surface area contributed by atoms with Crippen molar-refractivity contribution in [2.45, 2.75) is 13.5 Å². The fourth-order valence-electron chi connectivity index (χ4n) is 2.96. The number of benzene rings is 1. The number of methoxy groups -OCH3 is 3. The number of hydrogen-bond acceptors (Lipinski definition) is 7. The average Bonchev–Trinajstić information content (AvgIpc) is 3.35. The van der Waals surface area contributed by atoms with Crippen LogP contribution in [0.1, 0.15) is 21.6 Å². The molecule has 0 aliphatic rings. The van der Waals surface area contributed by atoms with Gasteiger partial charge in [-0.3, -0.25) is 4.79 Å². The lowest BCUT2D eigenvalue weighted by molar-refractivity contribution is 0.0784. The summed E-state index contributed by atoms with van der Waals surface area (Å²) >= 11 is 0. The number of aromatic nitrogens is 1. The van der Waals surface area contributed by atoms with E-state index in [-0.39, 0.29) is 5.91 Å². The van der Waals surface area contributed by atoms with Crippen molar-refractivity contribution in [1.82, 2.24) is 10.1 Å². The largest absolute Gasteiger partial charge is 0.493 e. The molecule has 28 heavy (non-hydrogen) atoms. The highest BCUT2D eigenvalue weighted by atomic mass is 16.5. The van der Waals surface area contributed by atoms with Gasteiger partial charge in [0.25, 0.3) is 5.91 Å². The molecule has 0 spiro atoms. The number of hydrogen-bond donors (Lipinski definition) is 0. The van der Waals surface area contributed by atoms with Crippen molar-refractivity contribution >= 4 is 5.91 Å². The molecule has 0 saturated heterocycles. The number of rotatable bonds is 7. The summed E-state index contributed by atoms with van der Waals surface area (Å²) in [5, 5.41) is 3.92. The lowest BCUT2D eigenvalue weighted by atomic mass is 10.1. The number of amides is 1. The van der Waals surface area contributed by atoms with Crippen LogP contribution in [-0.2, 0) is 6.54 Å². The summed E-state index contributed by atoms with van der Waals surface area (Å²) in [5.41, 5.74) is 1.68. The van der Waals surface area contributed by atoms with E-state index in [4.69, 9.17) is 23.2 Å². The molecule has 0 bridgehead atoms. The van der Waals surface area contributed by atoms with Crippen LogP contribution >= 0.6 is 0 Å². The molecule has 0 N–H and O–H groups in total. The summed E-state index contributed by atoms with van der Waals surface area (Å²) in [6.45, 7) is 2.04. The van der Waals surface area contributed by atoms with Gasteiger partial charge in [0.2, 0.25) is 11.5 Å². The molecule has 0 aliphatic heterocycles. The van der Waals surface area contributed by atoms with Gasteiger partial charge in [0.15, 0.2) is 17.3 Å². The van der Waals surface area contributed by atoms with Gasteiger partial charge < -0.3 is 28.1 Å². The van der Waals surface area contributed by atoms with Crippen LogP contribution in [0.3, 0.4) is 0 Å². The lowest BCUT2D eigenvalue weighted by Crippen LogP contribution is -2.27. The summed E-state index contributed by atoms with van der Waals surface area (Å²) in [6, 6.07) is 7.05. The van der Waals surface area contributed by atoms with Gasteiger partial charge in [-0.15, -0.1) is 0 Å². The second-order valence-electron chi connectivity index (χ2n) is 6.14. The zero-order chi connectivity index (χ0) is 20.3. The summed E-state index contributed by atoms with van der Waals surface area (Å²) in [4.78, 5) is 14.6. The molecule has 2 aromatic heterocycles. The van der Waals surface area contributed by atoms with Gasteiger partial charge in [-0.05, 0) is 36.8 Å². The molecule has 0 atom stereocenters. The van der Waals surface area contributed by atoms with Crippen molar-refractivity contribution in [2.24, 2.45) is 0 Å². The summed E-state index contributed by atoms with van der Waals surface area (Å²) < 4.78 is 26.8. The van der Waals surface area contributed by atoms with Gasteiger partial charge >= 0.3 is 0 Å². The first-order valence-corrected chi connectivity index (χ1v) is 8.54. The number of furan rings is 1. The monoisotopic (exact) mass is 386 g/mol. The van der Waals surface area contributed by atoms with Crippen LogP contribution in [0.5, 0.6) is 17.2 Å². The zero-order valence-corrected chi connectivity index (χ0v) is 16.4. The number of nitrogens with zero attached hydrogens (tertiary/aromatic N) is 2. The van der Waals surface area contributed by atoms with Crippen LogP contribution in [0.4, 0.5) is 0 Å². The summed E-state index contributed by atoms with van der Waals surface area (Å²) in [7, 11) is 6.34. The van der Waals surface area contributed by atoms with Crippen molar-refractivity contribution in [1.29, 1.82) is 0 Å². The Balaban J connectivity index is 1.89. The van der Waals surface area contributed by atoms with E-state index in [0.29, 0.717) is 46.6 Å². The van der Waals surface area contributed by atoms with E-state index in [1.54, 1.807) is 64.5 Å². The van der Waals surface area contributed by atoms with Crippen molar-refractivity contribution < 1.29 is 27.9 Å². The van der Waals surface area contributed by atoms with Crippen LogP contribution < -0.4 is 14.2 Å². The first kappa shape index (κ1) is 19.3. The molecular weight excluding hydrogens is 364 g/mol. The highest BCUT2D eigenvalue weighted by Crippen LogP contribution is 2.38. The average molecular weight is 386 g/mol. The van der Waals surface area contributed by atoms with Crippen molar-refractivity contribution in [3.05, 3.63) is 47.3 Å². The Labute approximate surface area is 162 Å². The van der Waals surface area contributed by atoms with E-state index in [0.717, 1.165) is 5.56 Å². The minimum Gasteiger partial charge on any atom is -0.493 e. The maximum Gasteiger partial charge on any atom is 0.259 e. The molecule has 8 nitrogen and oxygen atoms in total. The quantitative estimate of drug-likeness (QED) is 0.614. The van der Waals surface area contributed by atoms with Crippen molar-refractivity contribution in [2.75, 3.05) is 28.4 Å². The maximum atomic E-state index is 13.1. The van der Waals surface area contributed by atoms with E-state index >= 15 is 0 Å². The second-order valence-corrected chi connectivity index (χ2v) is 6.14. The highest BCUT2D eigenvalue weighted by molar-refractivity contribution is 5.99. The van der Waals surface area contributed by atoms with Crippen molar-refractivity contribution in [3.63, 3.8) is 0 Å². The van der Waals surface area contributed by atoms with Crippen LogP contribution in [-0.4, -0.2) is 44.3 Å². The highest BCUT2D eigenvalue weighted by Gasteiger charge is 2.26. The molecule has 0 unspecified atom stereocenters. The van der Waals surface area contributed by atoms with Crippen LogP contribution in [0.25, 0.3) is 11.5 Å². The predicted molar refractivity (Wildman–Crippen MR) is 101 cm³/mol. The Morgan fingerprint density at radius 3 is 2.36 bits per heavy atom. The van der Waals surface area contributed by atoms with Crippen LogP contribution in [0.15, 0.2) is 39.5 Å². The fourth-order valence-corrected chi connectivity index (χ4v) is 2.96. The Bertz CT molecular complexity index is 936. The van der Waals surface area contributed by atoms with Crippen LogP contribution in [0.2, 0.25) is 0 Å². The molecular formula is C20H22N2O6. The smallest absolute Gasteiger partial charge is 0.259 e. The molecule has 8 heteroatoms. The number of carbonyl (C=O) groups is 1. The molecule has 0 aliphatic carbocycles. The topological polar surface area (TPSA) is 87.2 Å². The van der Waals surface area contributed by atoms with E-state index in [1.165, 1.54) is 6.26 Å². The summed E-state index contributed by atoms with van der Waals surface area (Å²) in [6.07, 6.45) is 1.51. The lowest BCUT2D eigenvalue weighted by Gasteiger charge is -2.19. The predicted octanol–water partition coefficient (Wildman–Crippen LogP) is 3.54. The Hall–Kier alpha value is -3.42. The molecule has 1 aromatic carbocycles. The van der Waals surface area contributed by atoms with Gasteiger partial charge in [0.1, 0.15) is 5.56 Å². The normalized spacial score (nSPS) is 10.6. The number of carbonyl (C=O) groups excluding carboxylic acids is 1. The molecule has 3 rings (SSSR count). The molecule has 0 saturated carbocycles. The number of ether oxygens (including phenoxy) is 3. The van der Waals surface area contributed by atoms with E-state index in [1.807, 2.05) is 0 Å². The third-order valence-corrected chi connectivity index (χ3v) is 4.31. The molecule has 0 radical (unpaired) electrons. The SMILES string of the molecule is COc1cc(CN(C)C(=O)c2c(C)noc2-c2ccco2)cc(OC)c1OC. The molecule has 0 fully saturated rings. The molecule has 1 amide bonds. The summed E-state index contributed by atoms with van der Waals surface area (Å²) in [5.74, 6) is 2.07. The fraction of sp³-hybridized carbons (Fsp3) is 0.300. The standard InChI is InChI=1S/C20H22N2O6/c1-12-17(19(28-21-12)14-7-6-8-27-14)20(23)22(2)11-13-9-15(24-3)18(26-5)16(10-13)25-4/h6-10H,11H2,1-5H3. The van der Waals surface area contributed by atoms with Gasteiger partial charge in [-0.1, -0.05) is 5.16 Å². The van der Waals surface area contributed by atoms with Gasteiger partial charge in [0.05, 0.1) is 33.3 Å². The second kappa shape index (κ2) is 8.08. The minimum atomic E-state index is -0.237. The van der Waals surface area contributed by atoms with Gasteiger partial charge in [-0.2, -0.15) is 0 Å². The maximum absolute atomic E-state index is 13.1. The molecule has 148 valence electrons. The van der Waals surface area contributed by atoms with Crippen LogP contribution in [0, 0.1) is 6.92 Å². The van der Waals surface area contributed by atoms with E-state index < -0.39 is 0 Å². The van der Waals surface area contributed by atoms with E-state index in [2.05, 4.69) is 5.16 Å². The Morgan fingerprint density at radius 1 is 1.14 bits per heavy atom. The first-order chi connectivity index (χ1) is 13.5. The van der Waals surface area contributed by atoms with Gasteiger partial charge in [-0.25, -0.2) is 0 Å². The minimum absolute atomic E-state index is 0.237. The first-order valence-electron chi connectivity index (χ1n) is 8.54. The molecule has 3 aromatic rings. The Morgan fingerprint density at radius 2 is 1.82 bits per heavy atom. The third-order valence-electron chi connectivity index (χ3n) is 4.31. The van der Waals surface area contributed by atoms with Gasteiger partial charge in [0, 0.05) is 13.6 Å². The third kappa shape index (κ3) is 3.53. The zero-order valence-electron chi connectivity index (χ0n) is 16.4. The molecule has 2 heterocycles. The van der Waals surface area contributed by atoms with E-state index in [9.17, 15) is 4.79 Å². The van der Waals surface area contributed by atoms with Crippen molar-refractivity contribution in [3.8, 4) is 28.8 Å². The number of aryl methyl sites for hydroxylation is 1.